The normalized spacial score (nSPS) is 26.9. The summed E-state index contributed by atoms with van der Waals surface area (Å²) in [6.07, 6.45) is 9.27. The van der Waals surface area contributed by atoms with Crippen molar-refractivity contribution >= 4 is 17.9 Å². The minimum absolute atomic E-state index is 0.118. The SMILES string of the molecule is O=C1C(=Cc2ccccn2)C2CCC(N2)C1=Cc1ccccn1. The van der Waals surface area contributed by atoms with Gasteiger partial charge in [-0.05, 0) is 49.3 Å². The third-order valence-corrected chi connectivity index (χ3v) is 4.40. The Kier molecular flexibility index (Phi) is 3.60. The van der Waals surface area contributed by atoms with Crippen LogP contribution in [0.3, 0.4) is 0 Å². The van der Waals surface area contributed by atoms with Crippen LogP contribution in [0, 0.1) is 0 Å². The third kappa shape index (κ3) is 2.73. The summed E-state index contributed by atoms with van der Waals surface area (Å²) in [4.78, 5) is 21.6. The molecule has 4 rings (SSSR count). The minimum atomic E-state index is 0.118. The van der Waals surface area contributed by atoms with E-state index in [1.165, 1.54) is 0 Å². The van der Waals surface area contributed by atoms with E-state index in [2.05, 4.69) is 15.3 Å². The van der Waals surface area contributed by atoms with Crippen LogP contribution in [0.5, 0.6) is 0 Å². The van der Waals surface area contributed by atoms with Crippen molar-refractivity contribution in [1.29, 1.82) is 0 Å². The van der Waals surface area contributed by atoms with Crippen LogP contribution in [0.1, 0.15) is 24.2 Å². The number of hydrogen-bond acceptors (Lipinski definition) is 4. The first-order valence-corrected chi connectivity index (χ1v) is 7.87. The zero-order valence-electron chi connectivity index (χ0n) is 12.6. The largest absolute Gasteiger partial charge is 0.303 e. The van der Waals surface area contributed by atoms with Crippen LogP contribution in [0.25, 0.3) is 12.2 Å². The van der Waals surface area contributed by atoms with Gasteiger partial charge in [0.05, 0.1) is 11.4 Å². The smallest absolute Gasteiger partial charge is 0.188 e. The molecule has 2 aliphatic rings. The van der Waals surface area contributed by atoms with Crippen molar-refractivity contribution in [2.75, 3.05) is 0 Å². The second-order valence-corrected chi connectivity index (χ2v) is 5.89. The van der Waals surface area contributed by atoms with Gasteiger partial charge < -0.3 is 5.32 Å². The molecule has 2 aromatic heterocycles. The predicted octanol–water partition coefficient (Wildman–Crippen LogP) is 2.65. The van der Waals surface area contributed by atoms with Crippen LogP contribution >= 0.6 is 0 Å². The van der Waals surface area contributed by atoms with Gasteiger partial charge in [-0.25, -0.2) is 0 Å². The van der Waals surface area contributed by atoms with Crippen LogP contribution in [0.4, 0.5) is 0 Å². The molecule has 0 spiro atoms. The maximum atomic E-state index is 13.0. The second kappa shape index (κ2) is 5.89. The van der Waals surface area contributed by atoms with Crippen molar-refractivity contribution in [2.24, 2.45) is 0 Å². The summed E-state index contributed by atoms with van der Waals surface area (Å²) < 4.78 is 0. The maximum Gasteiger partial charge on any atom is 0.188 e. The molecule has 114 valence electrons. The van der Waals surface area contributed by atoms with Crippen molar-refractivity contribution in [2.45, 2.75) is 24.9 Å². The van der Waals surface area contributed by atoms with Crippen molar-refractivity contribution in [3.8, 4) is 0 Å². The van der Waals surface area contributed by atoms with E-state index in [0.717, 1.165) is 35.4 Å². The quantitative estimate of drug-likeness (QED) is 0.867. The first-order chi connectivity index (χ1) is 11.3. The van der Waals surface area contributed by atoms with Gasteiger partial charge in [-0.15, -0.1) is 0 Å². The first-order valence-electron chi connectivity index (χ1n) is 7.87. The highest BCUT2D eigenvalue weighted by Gasteiger charge is 2.40. The predicted molar refractivity (Wildman–Crippen MR) is 89.4 cm³/mol. The Bertz CT molecular complexity index is 715. The molecule has 0 aliphatic carbocycles. The summed E-state index contributed by atoms with van der Waals surface area (Å²) >= 11 is 0. The minimum Gasteiger partial charge on any atom is -0.303 e. The topological polar surface area (TPSA) is 54.9 Å². The Morgan fingerprint density at radius 3 is 1.83 bits per heavy atom. The van der Waals surface area contributed by atoms with E-state index in [9.17, 15) is 4.79 Å². The number of pyridine rings is 2. The lowest BCUT2D eigenvalue weighted by Crippen LogP contribution is -2.42. The molecular formula is C19H17N3O. The van der Waals surface area contributed by atoms with E-state index < -0.39 is 0 Å². The standard InChI is InChI=1S/C19H17N3O/c23-19-15(11-13-5-1-3-9-20-13)17-7-8-18(22-17)16(19)12-14-6-2-4-10-21-14/h1-6,9-12,17-18,22H,7-8H2. The Morgan fingerprint density at radius 2 is 1.39 bits per heavy atom. The third-order valence-electron chi connectivity index (χ3n) is 4.40. The lowest BCUT2D eigenvalue weighted by atomic mass is 9.91. The number of fused-ring (bicyclic) bond motifs is 2. The molecule has 2 saturated heterocycles. The van der Waals surface area contributed by atoms with Gasteiger partial charge in [0.2, 0.25) is 0 Å². The highest BCUT2D eigenvalue weighted by Crippen LogP contribution is 2.33. The zero-order valence-corrected chi connectivity index (χ0v) is 12.6. The molecule has 2 bridgehead atoms. The number of aromatic nitrogens is 2. The summed E-state index contributed by atoms with van der Waals surface area (Å²) in [7, 11) is 0. The molecule has 2 aliphatic heterocycles. The number of ketones is 1. The second-order valence-electron chi connectivity index (χ2n) is 5.89. The van der Waals surface area contributed by atoms with Crippen LogP contribution in [-0.2, 0) is 4.79 Å². The highest BCUT2D eigenvalue weighted by atomic mass is 16.1. The Morgan fingerprint density at radius 1 is 0.870 bits per heavy atom. The molecule has 23 heavy (non-hydrogen) atoms. The Hall–Kier alpha value is -2.59. The van der Waals surface area contributed by atoms with Crippen molar-refractivity contribution < 1.29 is 4.79 Å². The van der Waals surface area contributed by atoms with Gasteiger partial charge >= 0.3 is 0 Å². The van der Waals surface area contributed by atoms with Gasteiger partial charge in [-0.1, -0.05) is 12.1 Å². The molecule has 0 radical (unpaired) electrons. The fourth-order valence-corrected chi connectivity index (χ4v) is 3.29. The average Bonchev–Trinajstić information content (AvgIpc) is 3.04. The number of hydrogen-bond donors (Lipinski definition) is 1. The molecule has 2 aromatic rings. The van der Waals surface area contributed by atoms with Gasteiger partial charge in [0.15, 0.2) is 5.78 Å². The number of carbonyl (C=O) groups excluding carboxylic acids is 1. The molecule has 2 atom stereocenters. The van der Waals surface area contributed by atoms with E-state index in [4.69, 9.17) is 0 Å². The average molecular weight is 303 g/mol. The van der Waals surface area contributed by atoms with Gasteiger partial charge in [0.1, 0.15) is 0 Å². The number of rotatable bonds is 2. The van der Waals surface area contributed by atoms with Crippen LogP contribution in [0.2, 0.25) is 0 Å². The summed E-state index contributed by atoms with van der Waals surface area (Å²) in [5.41, 5.74) is 3.25. The van der Waals surface area contributed by atoms with Crippen LogP contribution in [-0.4, -0.2) is 27.8 Å². The molecule has 4 heterocycles. The monoisotopic (exact) mass is 303 g/mol. The number of carbonyl (C=O) groups is 1. The van der Waals surface area contributed by atoms with Gasteiger partial charge in [0, 0.05) is 35.6 Å². The molecule has 4 nitrogen and oxygen atoms in total. The molecule has 0 amide bonds. The highest BCUT2D eigenvalue weighted by molar-refractivity contribution is 6.16. The molecule has 4 heteroatoms. The summed E-state index contributed by atoms with van der Waals surface area (Å²) in [5, 5.41) is 3.55. The number of Topliss-reactive ketones (excluding diaryl/α,β-unsaturated/α-hetero) is 1. The number of nitrogens with zero attached hydrogens (tertiary/aromatic N) is 2. The van der Waals surface area contributed by atoms with Crippen molar-refractivity contribution in [1.82, 2.24) is 15.3 Å². The number of nitrogens with one attached hydrogen (secondary N) is 1. The Labute approximate surface area is 135 Å². The maximum absolute atomic E-state index is 13.0. The van der Waals surface area contributed by atoms with E-state index in [-0.39, 0.29) is 17.9 Å². The first kappa shape index (κ1) is 14.0. The molecule has 0 aromatic carbocycles. The Balaban J connectivity index is 1.73. The molecule has 0 saturated carbocycles. The van der Waals surface area contributed by atoms with Gasteiger partial charge in [0.25, 0.3) is 0 Å². The fraction of sp³-hybridized carbons (Fsp3) is 0.211. The lowest BCUT2D eigenvalue weighted by Gasteiger charge is -2.25. The van der Waals surface area contributed by atoms with E-state index in [0.29, 0.717) is 0 Å². The van der Waals surface area contributed by atoms with Crippen molar-refractivity contribution in [3.63, 3.8) is 0 Å². The summed E-state index contributed by atoms with van der Waals surface area (Å²) in [6, 6.07) is 11.7. The van der Waals surface area contributed by atoms with Crippen molar-refractivity contribution in [3.05, 3.63) is 71.3 Å². The lowest BCUT2D eigenvalue weighted by molar-refractivity contribution is -0.113. The summed E-state index contributed by atoms with van der Waals surface area (Å²) in [5.74, 6) is 0.118. The van der Waals surface area contributed by atoms with E-state index >= 15 is 0 Å². The van der Waals surface area contributed by atoms with Gasteiger partial charge in [-0.3, -0.25) is 14.8 Å². The van der Waals surface area contributed by atoms with E-state index in [1.54, 1.807) is 12.4 Å². The van der Waals surface area contributed by atoms with E-state index in [1.807, 2.05) is 48.6 Å². The van der Waals surface area contributed by atoms with Crippen LogP contribution in [0.15, 0.2) is 59.9 Å². The van der Waals surface area contributed by atoms with Crippen LogP contribution < -0.4 is 5.32 Å². The zero-order chi connectivity index (χ0) is 15.6. The fourth-order valence-electron chi connectivity index (χ4n) is 3.29. The summed E-state index contributed by atoms with van der Waals surface area (Å²) in [6.45, 7) is 0. The molecular weight excluding hydrogens is 286 g/mol. The molecule has 2 fully saturated rings. The molecule has 1 N–H and O–H groups in total. The van der Waals surface area contributed by atoms with Gasteiger partial charge in [-0.2, -0.15) is 0 Å². The number of piperidine rings is 1. The molecule has 2 unspecified atom stereocenters.